The highest BCUT2D eigenvalue weighted by Gasteiger charge is 2.38. The summed E-state index contributed by atoms with van der Waals surface area (Å²) in [5.41, 5.74) is 12.6. The molecule has 0 fully saturated rings. The molecule has 0 aliphatic carbocycles. The van der Waals surface area contributed by atoms with E-state index in [1.54, 1.807) is 36.4 Å². The quantitative estimate of drug-likeness (QED) is 0.219. The van der Waals surface area contributed by atoms with E-state index in [1.165, 1.54) is 33.3 Å². The number of nitrogens with zero attached hydrogens (tertiary/aromatic N) is 2. The number of primary amides is 1. The summed E-state index contributed by atoms with van der Waals surface area (Å²) in [6, 6.07) is 17.7. The van der Waals surface area contributed by atoms with Gasteiger partial charge in [0.25, 0.3) is 11.8 Å². The number of rotatable bonds is 12. The summed E-state index contributed by atoms with van der Waals surface area (Å²) in [7, 11) is 5.85. The van der Waals surface area contributed by atoms with Crippen molar-refractivity contribution in [2.45, 2.75) is 12.6 Å². The minimum absolute atomic E-state index is 0.0972. The van der Waals surface area contributed by atoms with E-state index in [0.717, 1.165) is 5.56 Å². The second-order valence-electron chi connectivity index (χ2n) is 9.07. The monoisotopic (exact) mass is 605 g/mol. The van der Waals surface area contributed by atoms with Crippen LogP contribution in [0.5, 0.6) is 23.0 Å². The zero-order chi connectivity index (χ0) is 31.1. The Kier molecular flexibility index (Phi) is 9.68. The van der Waals surface area contributed by atoms with Crippen molar-refractivity contribution < 1.29 is 33.3 Å². The number of nitrogen functional groups attached to an aromatic ring is 1. The van der Waals surface area contributed by atoms with Crippen LogP contribution in [0.1, 0.15) is 37.3 Å². The first-order valence-corrected chi connectivity index (χ1v) is 13.6. The number of nitrogens with one attached hydrogen (secondary N) is 1. The molecule has 1 atom stereocenters. The molecule has 0 spiro atoms. The lowest BCUT2D eigenvalue weighted by atomic mass is 10.0. The topological polar surface area (TPSA) is 168 Å². The summed E-state index contributed by atoms with van der Waals surface area (Å²) in [5, 5.41) is 2.93. The number of amides is 3. The number of carbonyl (C=O) groups excluding carboxylic acids is 3. The lowest BCUT2D eigenvalue weighted by Crippen LogP contribution is -2.44. The van der Waals surface area contributed by atoms with Crippen molar-refractivity contribution in [2.75, 3.05) is 39.1 Å². The summed E-state index contributed by atoms with van der Waals surface area (Å²) in [5.74, 6) is -0.761. The fourth-order valence-electron chi connectivity index (χ4n) is 4.41. The largest absolute Gasteiger partial charge is 0.497 e. The lowest BCUT2D eigenvalue weighted by molar-refractivity contribution is -0.122. The van der Waals surface area contributed by atoms with Gasteiger partial charge < -0.3 is 35.7 Å². The van der Waals surface area contributed by atoms with Crippen LogP contribution in [0.4, 0.5) is 11.4 Å². The van der Waals surface area contributed by atoms with Crippen molar-refractivity contribution in [3.05, 3.63) is 88.4 Å². The Bertz CT molecular complexity index is 1630. The number of hydrogen-bond acceptors (Lipinski definition) is 10. The first kappa shape index (κ1) is 30.7. The summed E-state index contributed by atoms with van der Waals surface area (Å²) in [6.45, 7) is 0.176. The second kappa shape index (κ2) is 13.6. The number of anilines is 2. The van der Waals surface area contributed by atoms with Crippen LogP contribution in [-0.4, -0.2) is 50.5 Å². The molecular weight excluding hydrogens is 574 g/mol. The molecule has 0 bridgehead atoms. The van der Waals surface area contributed by atoms with E-state index in [-0.39, 0.29) is 34.2 Å². The minimum Gasteiger partial charge on any atom is -0.497 e. The molecule has 3 amide bonds. The zero-order valence-electron chi connectivity index (χ0n) is 24.0. The van der Waals surface area contributed by atoms with Crippen molar-refractivity contribution in [3.8, 4) is 23.0 Å². The van der Waals surface area contributed by atoms with Crippen LogP contribution in [0.15, 0.2) is 66.7 Å². The Morgan fingerprint density at radius 2 is 1.56 bits per heavy atom. The molecule has 0 radical (unpaired) electrons. The molecule has 3 aromatic carbocycles. The van der Waals surface area contributed by atoms with Gasteiger partial charge >= 0.3 is 0 Å². The number of benzene rings is 3. The molecule has 4 aromatic rings. The van der Waals surface area contributed by atoms with Gasteiger partial charge in [0.2, 0.25) is 5.91 Å². The maximum atomic E-state index is 14.5. The van der Waals surface area contributed by atoms with Crippen LogP contribution in [0, 0.1) is 0 Å². The zero-order valence-corrected chi connectivity index (χ0v) is 24.8. The normalized spacial score (nSPS) is 11.3. The van der Waals surface area contributed by atoms with Gasteiger partial charge in [0.15, 0.2) is 17.2 Å². The van der Waals surface area contributed by atoms with Crippen molar-refractivity contribution in [3.63, 3.8) is 0 Å². The molecule has 12 nitrogen and oxygen atoms in total. The molecule has 4 rings (SSSR count). The summed E-state index contributed by atoms with van der Waals surface area (Å²) < 4.78 is 26.0. The van der Waals surface area contributed by atoms with Crippen molar-refractivity contribution >= 4 is 40.6 Å². The van der Waals surface area contributed by atoms with E-state index >= 15 is 0 Å². The molecular formula is C30H31N5O7S. The van der Waals surface area contributed by atoms with Gasteiger partial charge in [-0.3, -0.25) is 19.3 Å². The molecule has 1 aromatic heterocycles. The van der Waals surface area contributed by atoms with Gasteiger partial charge in [0.05, 0.1) is 39.8 Å². The predicted molar refractivity (Wildman–Crippen MR) is 162 cm³/mol. The Labute approximate surface area is 252 Å². The Hall–Kier alpha value is -5.30. The average molecular weight is 606 g/mol. The molecule has 0 unspecified atom stereocenters. The number of methoxy groups -OCH3 is 4. The molecule has 1 heterocycles. The third-order valence-electron chi connectivity index (χ3n) is 6.56. The van der Waals surface area contributed by atoms with Gasteiger partial charge in [-0.2, -0.15) is 4.37 Å². The number of nitrogens with two attached hydrogens (primary N) is 2. The van der Waals surface area contributed by atoms with E-state index in [0.29, 0.717) is 34.3 Å². The van der Waals surface area contributed by atoms with E-state index in [2.05, 4.69) is 9.69 Å². The van der Waals surface area contributed by atoms with E-state index in [1.807, 2.05) is 30.3 Å². The molecule has 13 heteroatoms. The smallest absolute Gasteiger partial charge is 0.273 e. The number of carbonyl (C=O) groups is 3. The standard InChI is InChI=1S/C30H31N5O7S/c1-39-19-11-13-21(40-2)20(15-19)35(30(38)27-24(31)25(28(32)36)34-43-27)26(18-10-12-22(41-3)23(14-18)42-4)29(37)33-16-17-8-6-5-7-9-17/h5-15,26H,16,31H2,1-4H3,(H2,32,36)(H,33,37)/t26-/m1/s1. The maximum absolute atomic E-state index is 14.5. The molecule has 5 N–H and O–H groups in total. The van der Waals surface area contributed by atoms with Crippen molar-refractivity contribution in [1.82, 2.24) is 9.69 Å². The Morgan fingerprint density at radius 1 is 0.884 bits per heavy atom. The average Bonchev–Trinajstić information content (AvgIpc) is 3.43. The van der Waals surface area contributed by atoms with E-state index in [9.17, 15) is 14.4 Å². The molecule has 224 valence electrons. The third-order valence-corrected chi connectivity index (χ3v) is 7.41. The Balaban J connectivity index is 1.96. The lowest BCUT2D eigenvalue weighted by Gasteiger charge is -2.32. The number of aromatic nitrogens is 1. The van der Waals surface area contributed by atoms with Crippen molar-refractivity contribution in [1.29, 1.82) is 0 Å². The first-order chi connectivity index (χ1) is 20.7. The maximum Gasteiger partial charge on any atom is 0.273 e. The highest BCUT2D eigenvalue weighted by Crippen LogP contribution is 2.41. The SMILES string of the molecule is COc1ccc(OC)c(N(C(=O)c2snc(C(N)=O)c2N)[C@@H](C(=O)NCc2ccccc2)c2ccc(OC)c(OC)c2)c1. The predicted octanol–water partition coefficient (Wildman–Crippen LogP) is 3.56. The van der Waals surface area contributed by atoms with Gasteiger partial charge in [-0.25, -0.2) is 0 Å². The van der Waals surface area contributed by atoms with Gasteiger partial charge in [-0.1, -0.05) is 36.4 Å². The molecule has 0 aliphatic heterocycles. The minimum atomic E-state index is -1.31. The Morgan fingerprint density at radius 3 is 2.16 bits per heavy atom. The summed E-state index contributed by atoms with van der Waals surface area (Å²) in [6.07, 6.45) is 0. The van der Waals surface area contributed by atoms with Crippen LogP contribution in [0.2, 0.25) is 0 Å². The van der Waals surface area contributed by atoms with E-state index in [4.69, 9.17) is 30.4 Å². The highest BCUT2D eigenvalue weighted by atomic mass is 32.1. The number of ether oxygens (including phenoxy) is 4. The molecule has 0 aliphatic rings. The van der Waals surface area contributed by atoms with Crippen LogP contribution in [0.3, 0.4) is 0 Å². The fourth-order valence-corrected chi connectivity index (χ4v) is 5.15. The van der Waals surface area contributed by atoms with Crippen LogP contribution < -0.4 is 40.6 Å². The van der Waals surface area contributed by atoms with E-state index < -0.39 is 23.8 Å². The van der Waals surface area contributed by atoms with Gasteiger partial charge in [0, 0.05) is 12.6 Å². The fraction of sp³-hybridized carbons (Fsp3) is 0.200. The molecule has 0 saturated carbocycles. The third kappa shape index (κ3) is 6.46. The van der Waals surface area contributed by atoms with Crippen molar-refractivity contribution in [2.24, 2.45) is 5.73 Å². The molecule has 0 saturated heterocycles. The van der Waals surface area contributed by atoms with Crippen LogP contribution in [-0.2, 0) is 11.3 Å². The summed E-state index contributed by atoms with van der Waals surface area (Å²) in [4.78, 5) is 41.7. The van der Waals surface area contributed by atoms with Gasteiger partial charge in [-0.05, 0) is 46.9 Å². The van der Waals surface area contributed by atoms with Gasteiger partial charge in [-0.15, -0.1) is 0 Å². The van der Waals surface area contributed by atoms with Crippen LogP contribution in [0.25, 0.3) is 0 Å². The highest BCUT2D eigenvalue weighted by molar-refractivity contribution is 7.09. The van der Waals surface area contributed by atoms with Gasteiger partial charge in [0.1, 0.15) is 22.4 Å². The second-order valence-corrected chi connectivity index (χ2v) is 9.84. The number of hydrogen-bond donors (Lipinski definition) is 3. The first-order valence-electron chi connectivity index (χ1n) is 12.9. The summed E-state index contributed by atoms with van der Waals surface area (Å²) >= 11 is 0.692. The molecule has 43 heavy (non-hydrogen) atoms. The van der Waals surface area contributed by atoms with Crippen LogP contribution >= 0.6 is 11.5 Å².